The number of nitrogens with zero attached hydrogens (tertiary/aromatic N) is 2. The van der Waals surface area contributed by atoms with Crippen LogP contribution in [0.15, 0.2) is 0 Å². The molecule has 0 aliphatic heterocycles. The topological polar surface area (TPSA) is 70.1 Å². The molecule has 0 atom stereocenters. The Morgan fingerprint density at radius 3 is 2.25 bits per heavy atom. The van der Waals surface area contributed by atoms with Gasteiger partial charge in [0.1, 0.15) is 17.5 Å². The van der Waals surface area contributed by atoms with Crippen LogP contribution in [-0.2, 0) is 6.42 Å². The highest BCUT2D eigenvalue weighted by molar-refractivity contribution is 5.57. The van der Waals surface area contributed by atoms with Gasteiger partial charge in [0.05, 0.1) is 5.60 Å². The molecule has 1 heterocycles. The summed E-state index contributed by atoms with van der Waals surface area (Å²) >= 11 is 0. The predicted octanol–water partition coefficient (Wildman–Crippen LogP) is 2.50. The second kappa shape index (κ2) is 6.39. The van der Waals surface area contributed by atoms with Crippen LogP contribution >= 0.6 is 0 Å². The van der Waals surface area contributed by atoms with Crippen molar-refractivity contribution < 1.29 is 5.11 Å². The van der Waals surface area contributed by atoms with E-state index >= 15 is 0 Å². The molecule has 112 valence electrons. The molecule has 0 spiro atoms. The number of nitrogens with one attached hydrogen (secondary N) is 2. The summed E-state index contributed by atoms with van der Waals surface area (Å²) < 4.78 is 0. The maximum absolute atomic E-state index is 10.4. The van der Waals surface area contributed by atoms with Gasteiger partial charge in [-0.1, -0.05) is 19.8 Å². The van der Waals surface area contributed by atoms with Crippen LogP contribution in [0.3, 0.4) is 0 Å². The molecule has 20 heavy (non-hydrogen) atoms. The van der Waals surface area contributed by atoms with E-state index in [1.54, 1.807) is 0 Å². The molecule has 0 amide bonds. The van der Waals surface area contributed by atoms with E-state index in [1.165, 1.54) is 0 Å². The number of aliphatic hydroxyl groups is 1. The molecular formula is C15H26N4O. The molecule has 0 aromatic carbocycles. The third kappa shape index (κ3) is 3.39. The Bertz CT molecular complexity index is 455. The fraction of sp³-hybridized carbons (Fsp3) is 0.733. The smallest absolute Gasteiger partial charge is 0.134 e. The minimum Gasteiger partial charge on any atom is -0.388 e. The van der Waals surface area contributed by atoms with Crippen molar-refractivity contribution in [1.29, 1.82) is 0 Å². The summed E-state index contributed by atoms with van der Waals surface area (Å²) in [4.78, 5) is 9.07. The van der Waals surface area contributed by atoms with Gasteiger partial charge in [-0.3, -0.25) is 0 Å². The molecule has 1 saturated carbocycles. The molecule has 1 fully saturated rings. The zero-order valence-electron chi connectivity index (χ0n) is 12.8. The van der Waals surface area contributed by atoms with Gasteiger partial charge in [0.15, 0.2) is 0 Å². The number of anilines is 2. The van der Waals surface area contributed by atoms with Crippen molar-refractivity contribution in [3.05, 3.63) is 11.4 Å². The van der Waals surface area contributed by atoms with E-state index in [-0.39, 0.29) is 0 Å². The molecule has 5 heteroatoms. The lowest BCUT2D eigenvalue weighted by Crippen LogP contribution is -2.34. The minimum absolute atomic E-state index is 0.567. The summed E-state index contributed by atoms with van der Waals surface area (Å²) in [5, 5.41) is 17.0. The molecule has 0 radical (unpaired) electrons. The standard InChI is InChI=1S/C15H26N4O/c1-4-12-18-13(16-5-2)11(3)14(19-12)17-10-15(20)8-6-7-9-15/h20H,4-10H2,1-3H3,(H2,16,17,18,19). The fourth-order valence-electron chi connectivity index (χ4n) is 2.69. The van der Waals surface area contributed by atoms with Crippen LogP contribution in [0.5, 0.6) is 0 Å². The molecule has 1 aromatic heterocycles. The SMILES string of the molecule is CCNc1nc(CC)nc(NCC2(O)CCCC2)c1C. The van der Waals surface area contributed by atoms with Gasteiger partial charge in [0, 0.05) is 25.1 Å². The van der Waals surface area contributed by atoms with Crippen molar-refractivity contribution in [2.24, 2.45) is 0 Å². The molecule has 5 nitrogen and oxygen atoms in total. The Labute approximate surface area is 121 Å². The number of rotatable bonds is 6. The second-order valence-electron chi connectivity index (χ2n) is 5.63. The first kappa shape index (κ1) is 15.0. The van der Waals surface area contributed by atoms with E-state index in [0.717, 1.165) is 61.7 Å². The lowest BCUT2D eigenvalue weighted by Gasteiger charge is -2.23. The maximum Gasteiger partial charge on any atom is 0.134 e. The summed E-state index contributed by atoms with van der Waals surface area (Å²) in [7, 11) is 0. The van der Waals surface area contributed by atoms with Crippen molar-refractivity contribution in [3.8, 4) is 0 Å². The van der Waals surface area contributed by atoms with Gasteiger partial charge in [-0.05, 0) is 26.7 Å². The summed E-state index contributed by atoms with van der Waals surface area (Å²) in [5.41, 5.74) is 0.452. The van der Waals surface area contributed by atoms with E-state index in [2.05, 4.69) is 34.4 Å². The van der Waals surface area contributed by atoms with Crippen LogP contribution in [0.2, 0.25) is 0 Å². The van der Waals surface area contributed by atoms with Crippen LogP contribution in [0.25, 0.3) is 0 Å². The van der Waals surface area contributed by atoms with Crippen molar-refractivity contribution in [1.82, 2.24) is 9.97 Å². The van der Waals surface area contributed by atoms with E-state index in [0.29, 0.717) is 6.54 Å². The number of aromatic nitrogens is 2. The zero-order chi connectivity index (χ0) is 14.6. The number of hydrogen-bond donors (Lipinski definition) is 3. The first-order chi connectivity index (χ1) is 9.58. The molecule has 0 unspecified atom stereocenters. The van der Waals surface area contributed by atoms with Crippen LogP contribution < -0.4 is 10.6 Å². The monoisotopic (exact) mass is 278 g/mol. The van der Waals surface area contributed by atoms with E-state index in [4.69, 9.17) is 0 Å². The zero-order valence-corrected chi connectivity index (χ0v) is 12.8. The van der Waals surface area contributed by atoms with Crippen molar-refractivity contribution >= 4 is 11.6 Å². The molecule has 2 rings (SSSR count). The summed E-state index contributed by atoms with van der Waals surface area (Å²) in [6.45, 7) is 7.53. The summed E-state index contributed by atoms with van der Waals surface area (Å²) in [6, 6.07) is 0. The Balaban J connectivity index is 2.15. The second-order valence-corrected chi connectivity index (χ2v) is 5.63. The third-order valence-corrected chi connectivity index (χ3v) is 3.97. The highest BCUT2D eigenvalue weighted by Crippen LogP contribution is 2.30. The maximum atomic E-state index is 10.4. The van der Waals surface area contributed by atoms with Crippen LogP contribution in [0, 0.1) is 6.92 Å². The molecule has 0 saturated heterocycles. The minimum atomic E-state index is -0.567. The van der Waals surface area contributed by atoms with Crippen molar-refractivity contribution in [3.63, 3.8) is 0 Å². The molecule has 1 aliphatic rings. The van der Waals surface area contributed by atoms with Gasteiger partial charge in [-0.15, -0.1) is 0 Å². The first-order valence-corrected chi connectivity index (χ1v) is 7.65. The lowest BCUT2D eigenvalue weighted by atomic mass is 10.0. The van der Waals surface area contributed by atoms with E-state index in [9.17, 15) is 5.11 Å². The average Bonchev–Trinajstić information content (AvgIpc) is 2.87. The molecule has 3 N–H and O–H groups in total. The van der Waals surface area contributed by atoms with Gasteiger partial charge in [-0.2, -0.15) is 0 Å². The predicted molar refractivity (Wildman–Crippen MR) is 82.2 cm³/mol. The van der Waals surface area contributed by atoms with Crippen LogP contribution in [0.1, 0.15) is 50.9 Å². The highest BCUT2D eigenvalue weighted by Gasteiger charge is 2.31. The normalized spacial score (nSPS) is 17.2. The van der Waals surface area contributed by atoms with Crippen molar-refractivity contribution in [2.45, 2.75) is 58.5 Å². The van der Waals surface area contributed by atoms with Gasteiger partial charge in [0.25, 0.3) is 0 Å². The number of hydrogen-bond acceptors (Lipinski definition) is 5. The average molecular weight is 278 g/mol. The van der Waals surface area contributed by atoms with Gasteiger partial charge < -0.3 is 15.7 Å². The molecular weight excluding hydrogens is 252 g/mol. The Kier molecular flexibility index (Phi) is 4.81. The Hall–Kier alpha value is -1.36. The fourth-order valence-corrected chi connectivity index (χ4v) is 2.69. The Morgan fingerprint density at radius 1 is 1.10 bits per heavy atom. The van der Waals surface area contributed by atoms with Crippen molar-refractivity contribution in [2.75, 3.05) is 23.7 Å². The molecule has 1 aromatic rings. The van der Waals surface area contributed by atoms with Crippen LogP contribution in [-0.4, -0.2) is 33.8 Å². The number of aryl methyl sites for hydroxylation is 1. The van der Waals surface area contributed by atoms with Gasteiger partial charge >= 0.3 is 0 Å². The first-order valence-electron chi connectivity index (χ1n) is 7.65. The van der Waals surface area contributed by atoms with E-state index < -0.39 is 5.60 Å². The third-order valence-electron chi connectivity index (χ3n) is 3.97. The molecule has 1 aliphatic carbocycles. The van der Waals surface area contributed by atoms with E-state index in [1.807, 2.05) is 6.92 Å². The van der Waals surface area contributed by atoms with Gasteiger partial charge in [-0.25, -0.2) is 9.97 Å². The lowest BCUT2D eigenvalue weighted by molar-refractivity contribution is 0.0614. The largest absolute Gasteiger partial charge is 0.388 e. The summed E-state index contributed by atoms with van der Waals surface area (Å²) in [6.07, 6.45) is 4.79. The summed E-state index contributed by atoms with van der Waals surface area (Å²) in [5.74, 6) is 2.56. The Morgan fingerprint density at radius 2 is 1.70 bits per heavy atom. The quantitative estimate of drug-likeness (QED) is 0.746. The highest BCUT2D eigenvalue weighted by atomic mass is 16.3. The van der Waals surface area contributed by atoms with Crippen LogP contribution in [0.4, 0.5) is 11.6 Å². The van der Waals surface area contributed by atoms with Gasteiger partial charge in [0.2, 0.25) is 0 Å². The molecule has 0 bridgehead atoms.